The van der Waals surface area contributed by atoms with Crippen molar-refractivity contribution in [1.29, 1.82) is 0 Å². The Morgan fingerprint density at radius 2 is 1.97 bits per heavy atom. The molecule has 0 aliphatic carbocycles. The summed E-state index contributed by atoms with van der Waals surface area (Å²) in [5.41, 5.74) is 4.92. The number of carbonyl (C=O) groups excluding carboxylic acids is 1. The van der Waals surface area contributed by atoms with Gasteiger partial charge in [0.2, 0.25) is 5.91 Å². The van der Waals surface area contributed by atoms with Gasteiger partial charge in [0.25, 0.3) is 0 Å². The van der Waals surface area contributed by atoms with E-state index in [0.29, 0.717) is 30.4 Å². The molecule has 8 nitrogen and oxygen atoms in total. The van der Waals surface area contributed by atoms with E-state index in [-0.39, 0.29) is 11.8 Å². The molecule has 0 spiro atoms. The van der Waals surface area contributed by atoms with Gasteiger partial charge < -0.3 is 4.90 Å². The first-order chi connectivity index (χ1) is 14.0. The number of hydrogen-bond donors (Lipinski definition) is 0. The van der Waals surface area contributed by atoms with E-state index in [1.165, 1.54) is 22.7 Å². The number of likely N-dealkylation sites (tertiary alicyclic amines) is 1. The Labute approximate surface area is 173 Å². The van der Waals surface area contributed by atoms with Gasteiger partial charge in [-0.05, 0) is 30.9 Å². The molecule has 9 heteroatoms. The molecule has 2 atom stereocenters. The standard InChI is InChI=1S/C20H24N6O2S/c1-13-4-6-15(7-5-13)16-8-26(9-17(16)19-12-29-24-21-19)11-20(27)25(3)10-18-14(2)22-28-23-18/h4-7,12,16-17H,8-11H2,1-3H3/t16-,17+/m0/s1. The SMILES string of the molecule is Cc1ccc([C@@H]2CN(CC(=O)N(C)Cc3nonc3C)C[C@H]2c2csnn2)cc1. The predicted octanol–water partition coefficient (Wildman–Crippen LogP) is 2.38. The van der Waals surface area contributed by atoms with Crippen LogP contribution in [0.3, 0.4) is 0 Å². The molecule has 3 aromatic rings. The highest BCUT2D eigenvalue weighted by molar-refractivity contribution is 7.03. The Kier molecular flexibility index (Phi) is 5.68. The number of rotatable bonds is 6. The Balaban J connectivity index is 1.46. The van der Waals surface area contributed by atoms with Crippen LogP contribution in [0.15, 0.2) is 34.3 Å². The second-order valence-electron chi connectivity index (χ2n) is 7.69. The van der Waals surface area contributed by atoms with Crippen molar-refractivity contribution in [2.24, 2.45) is 0 Å². The molecule has 1 amide bonds. The van der Waals surface area contributed by atoms with Gasteiger partial charge in [-0.15, -0.1) is 5.10 Å². The minimum absolute atomic E-state index is 0.0482. The van der Waals surface area contributed by atoms with Gasteiger partial charge in [-0.3, -0.25) is 9.69 Å². The van der Waals surface area contributed by atoms with Crippen LogP contribution in [0.5, 0.6) is 0 Å². The van der Waals surface area contributed by atoms with Gasteiger partial charge in [-0.1, -0.05) is 44.6 Å². The second kappa shape index (κ2) is 8.38. The molecule has 1 aromatic carbocycles. The molecule has 1 aliphatic rings. The average Bonchev–Trinajstić information content (AvgIpc) is 3.44. The molecule has 1 aliphatic heterocycles. The van der Waals surface area contributed by atoms with Crippen LogP contribution in [0.25, 0.3) is 0 Å². The van der Waals surface area contributed by atoms with E-state index >= 15 is 0 Å². The highest BCUT2D eigenvalue weighted by Crippen LogP contribution is 2.39. The number of amides is 1. The van der Waals surface area contributed by atoms with Crippen molar-refractivity contribution in [2.45, 2.75) is 32.2 Å². The zero-order chi connectivity index (χ0) is 20.4. The topological polar surface area (TPSA) is 88.3 Å². The number of aromatic nitrogens is 4. The molecule has 1 fully saturated rings. The van der Waals surface area contributed by atoms with Crippen molar-refractivity contribution in [2.75, 3.05) is 26.7 Å². The average molecular weight is 413 g/mol. The highest BCUT2D eigenvalue weighted by Gasteiger charge is 2.37. The van der Waals surface area contributed by atoms with Gasteiger partial charge in [-0.25, -0.2) is 4.63 Å². The fourth-order valence-electron chi connectivity index (χ4n) is 3.82. The summed E-state index contributed by atoms with van der Waals surface area (Å²) >= 11 is 1.37. The molecule has 1 saturated heterocycles. The largest absolute Gasteiger partial charge is 0.339 e. The van der Waals surface area contributed by atoms with E-state index in [1.807, 2.05) is 12.3 Å². The molecule has 3 heterocycles. The third-order valence-corrected chi connectivity index (χ3v) is 6.10. The molecule has 152 valence electrons. The van der Waals surface area contributed by atoms with Crippen molar-refractivity contribution < 1.29 is 9.42 Å². The van der Waals surface area contributed by atoms with E-state index in [1.54, 1.807) is 11.9 Å². The summed E-state index contributed by atoms with van der Waals surface area (Å²) in [7, 11) is 1.78. The summed E-state index contributed by atoms with van der Waals surface area (Å²) in [6, 6.07) is 8.65. The van der Waals surface area contributed by atoms with E-state index < -0.39 is 0 Å². The molecule has 0 bridgehead atoms. The molecule has 2 aromatic heterocycles. The molecular weight excluding hydrogens is 388 g/mol. The van der Waals surface area contributed by atoms with Crippen LogP contribution in [-0.4, -0.2) is 62.3 Å². The zero-order valence-electron chi connectivity index (χ0n) is 16.8. The minimum Gasteiger partial charge on any atom is -0.339 e. The molecule has 0 radical (unpaired) electrons. The quantitative estimate of drug-likeness (QED) is 0.614. The summed E-state index contributed by atoms with van der Waals surface area (Å²) in [4.78, 5) is 16.7. The smallest absolute Gasteiger partial charge is 0.236 e. The Morgan fingerprint density at radius 1 is 1.21 bits per heavy atom. The van der Waals surface area contributed by atoms with Gasteiger partial charge in [0.15, 0.2) is 0 Å². The number of aryl methyl sites for hydroxylation is 2. The molecule has 29 heavy (non-hydrogen) atoms. The third kappa shape index (κ3) is 4.35. The van der Waals surface area contributed by atoms with Crippen molar-refractivity contribution in [3.05, 3.63) is 57.9 Å². The van der Waals surface area contributed by atoms with Crippen molar-refractivity contribution in [1.82, 2.24) is 29.7 Å². The summed E-state index contributed by atoms with van der Waals surface area (Å²) in [6.07, 6.45) is 0. The Bertz CT molecular complexity index is 956. The van der Waals surface area contributed by atoms with E-state index in [0.717, 1.165) is 18.8 Å². The Hall–Kier alpha value is -2.65. The fraction of sp³-hybridized carbons (Fsp3) is 0.450. The van der Waals surface area contributed by atoms with E-state index in [9.17, 15) is 4.79 Å². The number of carbonyl (C=O) groups is 1. The van der Waals surface area contributed by atoms with Gasteiger partial charge in [0.05, 0.1) is 18.8 Å². The summed E-state index contributed by atoms with van der Waals surface area (Å²) in [5.74, 6) is 0.572. The fourth-order valence-corrected chi connectivity index (χ4v) is 4.34. The lowest BCUT2D eigenvalue weighted by Crippen LogP contribution is -2.37. The van der Waals surface area contributed by atoms with Crippen LogP contribution in [0, 0.1) is 13.8 Å². The predicted molar refractivity (Wildman–Crippen MR) is 109 cm³/mol. The van der Waals surface area contributed by atoms with E-state index in [4.69, 9.17) is 4.63 Å². The monoisotopic (exact) mass is 412 g/mol. The summed E-state index contributed by atoms with van der Waals surface area (Å²) in [5, 5.41) is 14.0. The van der Waals surface area contributed by atoms with Gasteiger partial charge in [0.1, 0.15) is 11.4 Å². The first-order valence-corrected chi connectivity index (χ1v) is 10.4. The zero-order valence-corrected chi connectivity index (χ0v) is 17.6. The molecule has 0 unspecified atom stereocenters. The van der Waals surface area contributed by atoms with Crippen molar-refractivity contribution in [3.63, 3.8) is 0 Å². The number of hydrogen-bond acceptors (Lipinski definition) is 8. The maximum atomic E-state index is 12.8. The van der Waals surface area contributed by atoms with Crippen LogP contribution in [0.1, 0.15) is 40.0 Å². The Morgan fingerprint density at radius 3 is 2.62 bits per heavy atom. The van der Waals surface area contributed by atoms with Crippen LogP contribution in [-0.2, 0) is 11.3 Å². The molecule has 0 N–H and O–H groups in total. The van der Waals surface area contributed by atoms with E-state index in [2.05, 4.69) is 56.0 Å². The lowest BCUT2D eigenvalue weighted by molar-refractivity contribution is -0.131. The maximum Gasteiger partial charge on any atom is 0.236 e. The summed E-state index contributed by atoms with van der Waals surface area (Å²) < 4.78 is 8.78. The molecule has 4 rings (SSSR count). The normalized spacial score (nSPS) is 19.6. The molecular formula is C20H24N6O2S. The van der Waals surface area contributed by atoms with Gasteiger partial charge in [0, 0.05) is 37.4 Å². The minimum atomic E-state index is 0.0482. The lowest BCUT2D eigenvalue weighted by atomic mass is 9.87. The first-order valence-electron chi connectivity index (χ1n) is 9.59. The van der Waals surface area contributed by atoms with Crippen LogP contribution in [0.4, 0.5) is 0 Å². The number of benzene rings is 1. The third-order valence-electron chi connectivity index (χ3n) is 5.58. The highest BCUT2D eigenvalue weighted by atomic mass is 32.1. The second-order valence-corrected chi connectivity index (χ2v) is 8.30. The van der Waals surface area contributed by atoms with Crippen LogP contribution >= 0.6 is 11.5 Å². The first kappa shape index (κ1) is 19.7. The van der Waals surface area contributed by atoms with Crippen molar-refractivity contribution in [3.8, 4) is 0 Å². The number of nitrogens with zero attached hydrogens (tertiary/aromatic N) is 6. The van der Waals surface area contributed by atoms with Gasteiger partial charge >= 0.3 is 0 Å². The van der Waals surface area contributed by atoms with Crippen molar-refractivity contribution >= 4 is 17.4 Å². The van der Waals surface area contributed by atoms with Crippen LogP contribution in [0.2, 0.25) is 0 Å². The lowest BCUT2D eigenvalue weighted by Gasteiger charge is -2.21. The number of likely N-dealkylation sites (N-methyl/N-ethyl adjacent to an activating group) is 1. The summed E-state index contributed by atoms with van der Waals surface area (Å²) in [6.45, 7) is 6.26. The van der Waals surface area contributed by atoms with Gasteiger partial charge in [-0.2, -0.15) is 0 Å². The maximum absolute atomic E-state index is 12.8. The molecule has 0 saturated carbocycles. The van der Waals surface area contributed by atoms with Crippen LogP contribution < -0.4 is 0 Å².